The summed E-state index contributed by atoms with van der Waals surface area (Å²) < 4.78 is 22.7. The minimum atomic E-state index is -0.120. The summed E-state index contributed by atoms with van der Waals surface area (Å²) in [4.78, 5) is 26.1. The number of fused-ring (bicyclic) bond motifs is 1. The van der Waals surface area contributed by atoms with E-state index in [2.05, 4.69) is 16.9 Å². The first kappa shape index (κ1) is 27.4. The van der Waals surface area contributed by atoms with Crippen molar-refractivity contribution in [1.29, 1.82) is 0 Å². The van der Waals surface area contributed by atoms with Crippen LogP contribution in [-0.4, -0.2) is 60.8 Å². The Morgan fingerprint density at radius 2 is 1.90 bits per heavy atom. The normalized spacial score (nSPS) is 19.0. The zero-order chi connectivity index (χ0) is 27.5. The molecule has 1 N–H and O–H groups in total. The number of aromatic nitrogens is 3. The van der Waals surface area contributed by atoms with Gasteiger partial charge >= 0.3 is 0 Å². The van der Waals surface area contributed by atoms with Crippen molar-refractivity contribution in [1.82, 2.24) is 15.0 Å². The first-order valence-corrected chi connectivity index (χ1v) is 13.6. The van der Waals surface area contributed by atoms with Crippen LogP contribution < -0.4 is 19.5 Å². The van der Waals surface area contributed by atoms with Crippen molar-refractivity contribution in [2.45, 2.75) is 31.7 Å². The molecule has 0 spiro atoms. The van der Waals surface area contributed by atoms with Crippen molar-refractivity contribution < 1.29 is 23.7 Å². The summed E-state index contributed by atoms with van der Waals surface area (Å²) in [6, 6.07) is 3.32. The van der Waals surface area contributed by atoms with E-state index < -0.39 is 0 Å². The van der Waals surface area contributed by atoms with Crippen molar-refractivity contribution >= 4 is 45.8 Å². The lowest BCUT2D eigenvalue weighted by Crippen LogP contribution is -2.40. The lowest BCUT2D eigenvalue weighted by Gasteiger charge is -2.31. The van der Waals surface area contributed by atoms with Crippen LogP contribution in [0.2, 0.25) is 10.0 Å². The van der Waals surface area contributed by atoms with Crippen LogP contribution >= 0.6 is 23.2 Å². The van der Waals surface area contributed by atoms with E-state index in [0.717, 1.165) is 19.3 Å². The molecule has 1 aromatic carbocycles. The van der Waals surface area contributed by atoms with Gasteiger partial charge in [0, 0.05) is 36.2 Å². The molecule has 11 heteroatoms. The van der Waals surface area contributed by atoms with Gasteiger partial charge in [-0.25, -0.2) is 15.0 Å². The molecule has 5 rings (SSSR count). The Hall–Kier alpha value is -3.14. The Morgan fingerprint density at radius 3 is 2.56 bits per heavy atom. The number of rotatable bonds is 11. The third-order valence-corrected chi connectivity index (χ3v) is 7.77. The number of methoxy groups -OCH3 is 2. The number of carbonyl (C=O) groups excluding carboxylic acids is 1. The molecule has 1 aliphatic carbocycles. The van der Waals surface area contributed by atoms with Crippen LogP contribution in [0.4, 0.5) is 5.95 Å². The summed E-state index contributed by atoms with van der Waals surface area (Å²) in [5.41, 5.74) is 1.49. The summed E-state index contributed by atoms with van der Waals surface area (Å²) >= 11 is 13.4. The summed E-state index contributed by atoms with van der Waals surface area (Å²) in [5.74, 6) is 2.16. The predicted octanol–water partition coefficient (Wildman–Crippen LogP) is 5.77. The van der Waals surface area contributed by atoms with Crippen molar-refractivity contribution in [3.05, 3.63) is 41.0 Å². The van der Waals surface area contributed by atoms with Gasteiger partial charge in [0.05, 0.1) is 49.2 Å². The second kappa shape index (κ2) is 11.9. The average molecular weight is 573 g/mol. The van der Waals surface area contributed by atoms with Gasteiger partial charge in [0.15, 0.2) is 5.78 Å². The van der Waals surface area contributed by atoms with Gasteiger partial charge in [0.2, 0.25) is 11.8 Å². The van der Waals surface area contributed by atoms with Crippen LogP contribution in [0, 0.1) is 11.8 Å². The molecule has 0 bridgehead atoms. The number of ether oxygens (including phenoxy) is 4. The van der Waals surface area contributed by atoms with Crippen molar-refractivity contribution in [2.75, 3.05) is 39.4 Å². The quantitative estimate of drug-likeness (QED) is 0.287. The lowest BCUT2D eigenvalue weighted by atomic mass is 9.90. The van der Waals surface area contributed by atoms with Gasteiger partial charge in [-0.15, -0.1) is 0 Å². The number of nitrogens with one attached hydrogen (secondary N) is 1. The van der Waals surface area contributed by atoms with Crippen LogP contribution in [-0.2, 0) is 9.53 Å². The number of hydrogen-bond acceptors (Lipinski definition) is 9. The number of halogens is 2. The monoisotopic (exact) mass is 572 g/mol. The number of nitrogens with zero attached hydrogens (tertiary/aromatic N) is 3. The summed E-state index contributed by atoms with van der Waals surface area (Å²) in [5, 5.41) is 4.67. The molecule has 0 amide bonds. The second-order valence-electron chi connectivity index (χ2n) is 9.73. The Labute approximate surface area is 236 Å². The third kappa shape index (κ3) is 6.05. The van der Waals surface area contributed by atoms with Crippen LogP contribution in [0.3, 0.4) is 0 Å². The molecule has 1 saturated heterocycles. The minimum absolute atomic E-state index is 0.00659. The largest absolute Gasteiger partial charge is 0.495 e. The Bertz CT molecular complexity index is 1370. The fourth-order valence-corrected chi connectivity index (χ4v) is 5.29. The predicted molar refractivity (Wildman–Crippen MR) is 150 cm³/mol. The van der Waals surface area contributed by atoms with Gasteiger partial charge in [-0.2, -0.15) is 0 Å². The Morgan fingerprint density at radius 1 is 1.15 bits per heavy atom. The smallest absolute Gasteiger partial charge is 0.241 e. The molecular formula is C28H30Cl2N4O5. The standard InChI is InChI=1S/C28H30Cl2N4O5/c1-4-18(35)9-16-7-8-38-14-20(16)33-28-31-12-17-10-19(32-27(26(17)34-28)39-13-15-5-6-15)23-24(29)21(36-2)11-22(37-3)25(23)30/h4,10-12,15-16,20H,1,5-9,13-14H2,2-3H3,(H,31,33,34)/t16-,20-/m1/s1. The molecule has 0 unspecified atom stereocenters. The fraction of sp³-hybridized carbons (Fsp3) is 0.429. The highest BCUT2D eigenvalue weighted by Crippen LogP contribution is 2.46. The molecule has 2 atom stereocenters. The highest BCUT2D eigenvalue weighted by Gasteiger charge is 2.29. The third-order valence-electron chi connectivity index (χ3n) is 7.02. The van der Waals surface area contributed by atoms with E-state index in [1.807, 2.05) is 6.07 Å². The zero-order valence-electron chi connectivity index (χ0n) is 21.8. The van der Waals surface area contributed by atoms with E-state index >= 15 is 0 Å². The summed E-state index contributed by atoms with van der Waals surface area (Å²) in [6.45, 7) is 5.19. The molecule has 0 radical (unpaired) electrons. The van der Waals surface area contributed by atoms with E-state index in [1.165, 1.54) is 20.3 Å². The van der Waals surface area contributed by atoms with E-state index in [-0.39, 0.29) is 17.7 Å². The molecule has 2 aliphatic rings. The summed E-state index contributed by atoms with van der Waals surface area (Å²) in [7, 11) is 3.04. The topological polar surface area (TPSA) is 105 Å². The number of hydrogen-bond donors (Lipinski definition) is 1. The van der Waals surface area contributed by atoms with E-state index in [0.29, 0.717) is 87.7 Å². The zero-order valence-corrected chi connectivity index (χ0v) is 23.3. The van der Waals surface area contributed by atoms with E-state index in [9.17, 15) is 4.79 Å². The number of benzene rings is 1. The molecule has 2 fully saturated rings. The number of carbonyl (C=O) groups is 1. The van der Waals surface area contributed by atoms with Gasteiger partial charge in [0.1, 0.15) is 17.0 Å². The molecule has 3 aromatic rings. The van der Waals surface area contributed by atoms with Crippen LogP contribution in [0.5, 0.6) is 17.4 Å². The van der Waals surface area contributed by atoms with Gasteiger partial charge < -0.3 is 24.3 Å². The summed E-state index contributed by atoms with van der Waals surface area (Å²) in [6.07, 6.45) is 6.46. The minimum Gasteiger partial charge on any atom is -0.495 e. The van der Waals surface area contributed by atoms with E-state index in [1.54, 1.807) is 12.3 Å². The molecule has 1 saturated carbocycles. The molecule has 1 aliphatic heterocycles. The molecule has 39 heavy (non-hydrogen) atoms. The maximum absolute atomic E-state index is 12.0. The second-order valence-corrected chi connectivity index (χ2v) is 10.5. The fourth-order valence-electron chi connectivity index (χ4n) is 4.59. The first-order valence-electron chi connectivity index (χ1n) is 12.8. The Kier molecular flexibility index (Phi) is 8.40. The molecule has 9 nitrogen and oxygen atoms in total. The number of pyridine rings is 1. The lowest BCUT2D eigenvalue weighted by molar-refractivity contribution is -0.116. The highest BCUT2D eigenvalue weighted by molar-refractivity contribution is 6.41. The molecular weight excluding hydrogens is 543 g/mol. The molecule has 206 valence electrons. The Balaban J connectivity index is 1.54. The van der Waals surface area contributed by atoms with Gasteiger partial charge in [-0.3, -0.25) is 4.79 Å². The average Bonchev–Trinajstić information content (AvgIpc) is 3.78. The van der Waals surface area contributed by atoms with Crippen LogP contribution in [0.15, 0.2) is 31.0 Å². The molecule has 3 heterocycles. The SMILES string of the molecule is C=CC(=O)C[C@H]1CCOC[C@H]1Nc1ncc2cc(-c3c(Cl)c(OC)cc(OC)c3Cl)nc(OCC3CC3)c2n1. The highest BCUT2D eigenvalue weighted by atomic mass is 35.5. The van der Waals surface area contributed by atoms with E-state index in [4.69, 9.17) is 52.1 Å². The van der Waals surface area contributed by atoms with Crippen molar-refractivity contribution in [3.63, 3.8) is 0 Å². The maximum atomic E-state index is 12.0. The number of allylic oxidation sites excluding steroid dienone is 1. The van der Waals surface area contributed by atoms with Gasteiger partial charge in [-0.1, -0.05) is 29.8 Å². The van der Waals surface area contributed by atoms with Gasteiger partial charge in [-0.05, 0) is 43.2 Å². The maximum Gasteiger partial charge on any atom is 0.241 e. The number of anilines is 1. The van der Waals surface area contributed by atoms with Crippen LogP contribution in [0.25, 0.3) is 22.2 Å². The van der Waals surface area contributed by atoms with Gasteiger partial charge in [0.25, 0.3) is 0 Å². The first-order chi connectivity index (χ1) is 18.9. The molecule has 2 aromatic heterocycles. The van der Waals surface area contributed by atoms with Crippen LogP contribution in [0.1, 0.15) is 25.7 Å². The number of ketones is 1. The van der Waals surface area contributed by atoms with Crippen molar-refractivity contribution in [3.8, 4) is 28.6 Å². The van der Waals surface area contributed by atoms with Crippen molar-refractivity contribution in [2.24, 2.45) is 11.8 Å².